The Hall–Kier alpha value is -2.73. The standard InChI is InChI=1S/C18H16FN3O2/c19-12-5-3-11(4-6-12)10-22-16-9-21-15(18(23)24)8-14(16)13-2-1-7-20-17(13)22/h1-7,15,21H,8-10H2,(H,23,24)/t15-/m0/s1. The van der Waals surface area contributed by atoms with E-state index in [9.17, 15) is 14.3 Å². The maximum Gasteiger partial charge on any atom is 0.321 e. The molecule has 1 aliphatic rings. The van der Waals surface area contributed by atoms with Crippen LogP contribution < -0.4 is 5.32 Å². The number of carboxylic acid groups (broad SMARTS) is 1. The van der Waals surface area contributed by atoms with Gasteiger partial charge in [0.1, 0.15) is 17.5 Å². The van der Waals surface area contributed by atoms with Crippen LogP contribution in [-0.2, 0) is 24.3 Å². The molecule has 3 heterocycles. The van der Waals surface area contributed by atoms with Gasteiger partial charge < -0.3 is 9.67 Å². The third-order valence-corrected chi connectivity index (χ3v) is 4.52. The number of aromatic nitrogens is 2. The molecule has 0 saturated heterocycles. The monoisotopic (exact) mass is 325 g/mol. The number of benzene rings is 1. The molecule has 1 aliphatic heterocycles. The van der Waals surface area contributed by atoms with Crippen molar-refractivity contribution in [1.82, 2.24) is 14.9 Å². The number of aliphatic carboxylic acids is 1. The summed E-state index contributed by atoms with van der Waals surface area (Å²) in [5.74, 6) is -1.11. The molecule has 1 atom stereocenters. The molecule has 5 nitrogen and oxygen atoms in total. The van der Waals surface area contributed by atoms with E-state index in [1.54, 1.807) is 18.3 Å². The first-order valence-electron chi connectivity index (χ1n) is 7.79. The van der Waals surface area contributed by atoms with Crippen LogP contribution in [-0.4, -0.2) is 26.7 Å². The summed E-state index contributed by atoms with van der Waals surface area (Å²) in [6.07, 6.45) is 2.17. The molecule has 0 spiro atoms. The molecule has 4 rings (SSSR count). The van der Waals surface area contributed by atoms with E-state index in [1.807, 2.05) is 12.1 Å². The zero-order chi connectivity index (χ0) is 16.7. The minimum absolute atomic E-state index is 0.262. The Morgan fingerprint density at radius 1 is 1.33 bits per heavy atom. The number of carboxylic acids is 1. The lowest BCUT2D eigenvalue weighted by atomic mass is 9.99. The number of hydrogen-bond donors (Lipinski definition) is 2. The highest BCUT2D eigenvalue weighted by Crippen LogP contribution is 2.29. The van der Waals surface area contributed by atoms with Gasteiger partial charge >= 0.3 is 5.97 Å². The van der Waals surface area contributed by atoms with E-state index in [0.29, 0.717) is 19.5 Å². The van der Waals surface area contributed by atoms with Crippen LogP contribution in [0.15, 0.2) is 42.6 Å². The molecule has 6 heteroatoms. The predicted molar refractivity (Wildman–Crippen MR) is 87.2 cm³/mol. The SMILES string of the molecule is O=C(O)[C@@H]1Cc2c(n(Cc3ccc(F)cc3)c3ncccc23)CN1. The Morgan fingerprint density at radius 2 is 2.12 bits per heavy atom. The molecule has 0 radical (unpaired) electrons. The fraction of sp³-hybridized carbons (Fsp3) is 0.222. The topological polar surface area (TPSA) is 67.1 Å². The third kappa shape index (κ3) is 2.45. The van der Waals surface area contributed by atoms with Crippen LogP contribution in [0.25, 0.3) is 11.0 Å². The van der Waals surface area contributed by atoms with Gasteiger partial charge in [-0.2, -0.15) is 0 Å². The zero-order valence-electron chi connectivity index (χ0n) is 12.9. The van der Waals surface area contributed by atoms with Gasteiger partial charge in [-0.15, -0.1) is 0 Å². The molecule has 1 aromatic carbocycles. The molecular formula is C18H16FN3O2. The lowest BCUT2D eigenvalue weighted by Crippen LogP contribution is -2.42. The van der Waals surface area contributed by atoms with Crippen LogP contribution in [0.4, 0.5) is 4.39 Å². The first-order chi connectivity index (χ1) is 11.6. The Morgan fingerprint density at radius 3 is 2.88 bits per heavy atom. The quantitative estimate of drug-likeness (QED) is 0.775. The van der Waals surface area contributed by atoms with E-state index in [-0.39, 0.29) is 5.82 Å². The number of hydrogen-bond acceptors (Lipinski definition) is 3. The van der Waals surface area contributed by atoms with Gasteiger partial charge in [-0.1, -0.05) is 12.1 Å². The van der Waals surface area contributed by atoms with Gasteiger partial charge in [0.2, 0.25) is 0 Å². The van der Waals surface area contributed by atoms with E-state index in [4.69, 9.17) is 0 Å². The van der Waals surface area contributed by atoms with E-state index < -0.39 is 12.0 Å². The highest BCUT2D eigenvalue weighted by atomic mass is 19.1. The molecule has 3 aromatic rings. The Labute approximate surface area is 137 Å². The number of nitrogens with one attached hydrogen (secondary N) is 1. The zero-order valence-corrected chi connectivity index (χ0v) is 12.9. The average molecular weight is 325 g/mol. The van der Waals surface area contributed by atoms with Crippen LogP contribution in [0.5, 0.6) is 0 Å². The van der Waals surface area contributed by atoms with Gasteiger partial charge in [-0.25, -0.2) is 9.37 Å². The second-order valence-corrected chi connectivity index (χ2v) is 5.99. The maximum atomic E-state index is 13.1. The molecule has 24 heavy (non-hydrogen) atoms. The smallest absolute Gasteiger partial charge is 0.321 e. The van der Waals surface area contributed by atoms with Gasteiger partial charge in [0.25, 0.3) is 0 Å². The third-order valence-electron chi connectivity index (χ3n) is 4.52. The van der Waals surface area contributed by atoms with Crippen molar-refractivity contribution < 1.29 is 14.3 Å². The first-order valence-corrected chi connectivity index (χ1v) is 7.79. The van der Waals surface area contributed by atoms with Crippen molar-refractivity contribution in [2.45, 2.75) is 25.6 Å². The Bertz CT molecular complexity index is 918. The largest absolute Gasteiger partial charge is 0.480 e. The summed E-state index contributed by atoms with van der Waals surface area (Å²) in [5, 5.41) is 13.3. The minimum Gasteiger partial charge on any atom is -0.480 e. The Balaban J connectivity index is 1.81. The summed E-state index contributed by atoms with van der Waals surface area (Å²) in [6, 6.07) is 9.66. The van der Waals surface area contributed by atoms with Gasteiger partial charge in [0.05, 0.1) is 0 Å². The van der Waals surface area contributed by atoms with Crippen molar-refractivity contribution in [1.29, 1.82) is 0 Å². The van der Waals surface area contributed by atoms with Crippen LogP contribution in [0.2, 0.25) is 0 Å². The predicted octanol–water partition coefficient (Wildman–Crippen LogP) is 2.32. The first kappa shape index (κ1) is 14.8. The summed E-state index contributed by atoms with van der Waals surface area (Å²) in [5.41, 5.74) is 3.89. The van der Waals surface area contributed by atoms with Crippen LogP contribution in [0, 0.1) is 5.82 Å². The highest BCUT2D eigenvalue weighted by Gasteiger charge is 2.29. The van der Waals surface area contributed by atoms with E-state index in [2.05, 4.69) is 14.9 Å². The van der Waals surface area contributed by atoms with Gasteiger partial charge in [0, 0.05) is 36.8 Å². The summed E-state index contributed by atoms with van der Waals surface area (Å²) in [7, 11) is 0. The molecule has 0 bridgehead atoms. The average Bonchev–Trinajstić information content (AvgIpc) is 2.90. The molecule has 0 fully saturated rings. The van der Waals surface area contributed by atoms with Crippen molar-refractivity contribution in [3.05, 3.63) is 65.2 Å². The van der Waals surface area contributed by atoms with Crippen molar-refractivity contribution in [2.75, 3.05) is 0 Å². The van der Waals surface area contributed by atoms with Gasteiger partial charge in [-0.3, -0.25) is 10.1 Å². The molecule has 0 aliphatic carbocycles. The number of pyridine rings is 1. The van der Waals surface area contributed by atoms with Crippen molar-refractivity contribution in [3.63, 3.8) is 0 Å². The molecular weight excluding hydrogens is 309 g/mol. The van der Waals surface area contributed by atoms with Crippen LogP contribution in [0.1, 0.15) is 16.8 Å². The number of halogens is 1. The second kappa shape index (κ2) is 5.72. The second-order valence-electron chi connectivity index (χ2n) is 5.99. The summed E-state index contributed by atoms with van der Waals surface area (Å²) >= 11 is 0. The molecule has 0 unspecified atom stereocenters. The summed E-state index contributed by atoms with van der Waals surface area (Å²) in [6.45, 7) is 1.05. The Kier molecular flexibility index (Phi) is 3.54. The van der Waals surface area contributed by atoms with E-state index in [0.717, 1.165) is 27.9 Å². The number of carbonyl (C=O) groups is 1. The lowest BCUT2D eigenvalue weighted by molar-refractivity contribution is -0.139. The lowest BCUT2D eigenvalue weighted by Gasteiger charge is -2.22. The van der Waals surface area contributed by atoms with Gasteiger partial charge in [0.15, 0.2) is 0 Å². The summed E-state index contributed by atoms with van der Waals surface area (Å²) in [4.78, 5) is 15.8. The van der Waals surface area contributed by atoms with E-state index in [1.165, 1.54) is 12.1 Å². The number of rotatable bonds is 3. The molecule has 2 aromatic heterocycles. The maximum absolute atomic E-state index is 13.1. The van der Waals surface area contributed by atoms with E-state index >= 15 is 0 Å². The number of fused-ring (bicyclic) bond motifs is 3. The van der Waals surface area contributed by atoms with Crippen molar-refractivity contribution >= 4 is 17.0 Å². The summed E-state index contributed by atoms with van der Waals surface area (Å²) < 4.78 is 15.2. The van der Waals surface area contributed by atoms with Crippen molar-refractivity contribution in [3.8, 4) is 0 Å². The fourth-order valence-electron chi connectivity index (χ4n) is 3.34. The molecule has 0 amide bonds. The van der Waals surface area contributed by atoms with Crippen LogP contribution >= 0.6 is 0 Å². The van der Waals surface area contributed by atoms with Gasteiger partial charge in [-0.05, 0) is 35.4 Å². The minimum atomic E-state index is -0.844. The normalized spacial score (nSPS) is 17.0. The van der Waals surface area contributed by atoms with Crippen LogP contribution in [0.3, 0.4) is 0 Å². The fourth-order valence-corrected chi connectivity index (χ4v) is 3.34. The number of nitrogens with zero attached hydrogens (tertiary/aromatic N) is 2. The molecule has 2 N–H and O–H groups in total. The van der Waals surface area contributed by atoms with Crippen molar-refractivity contribution in [2.24, 2.45) is 0 Å². The molecule has 122 valence electrons. The molecule has 0 saturated carbocycles. The highest BCUT2D eigenvalue weighted by molar-refractivity contribution is 5.84.